The second-order valence-corrected chi connectivity index (χ2v) is 7.99. The van der Waals surface area contributed by atoms with E-state index in [1.807, 2.05) is 31.2 Å². The number of hydrogen-bond acceptors (Lipinski definition) is 1. The molecule has 1 aromatic carbocycles. The molecule has 2 heteroatoms. The fraction of sp³-hybridized carbons (Fsp3) is 0.583. The van der Waals surface area contributed by atoms with Gasteiger partial charge < -0.3 is 4.74 Å². The minimum absolute atomic E-state index is 0.126. The van der Waals surface area contributed by atoms with E-state index in [9.17, 15) is 4.39 Å². The maximum Gasteiger partial charge on any atom is 0.123 e. The number of benzene rings is 1. The number of ether oxygens (including phenoxy) is 1. The molecule has 0 amide bonds. The number of rotatable bonds is 6. The molecule has 0 atom stereocenters. The Hall–Kier alpha value is -1.41. The number of hydrogen-bond donors (Lipinski definition) is 0. The number of halogens is 1. The molecular formula is C24H33FO. The lowest BCUT2D eigenvalue weighted by Gasteiger charge is -2.37. The van der Waals surface area contributed by atoms with Gasteiger partial charge >= 0.3 is 0 Å². The van der Waals surface area contributed by atoms with Gasteiger partial charge in [0.15, 0.2) is 0 Å². The monoisotopic (exact) mass is 356 g/mol. The van der Waals surface area contributed by atoms with Crippen LogP contribution in [0.25, 0.3) is 0 Å². The van der Waals surface area contributed by atoms with Crippen LogP contribution in [-0.4, -0.2) is 12.7 Å². The van der Waals surface area contributed by atoms with Crippen LogP contribution in [0.1, 0.15) is 69.8 Å². The van der Waals surface area contributed by atoms with Crippen molar-refractivity contribution in [3.8, 4) is 0 Å². The summed E-state index contributed by atoms with van der Waals surface area (Å²) < 4.78 is 19.1. The standard InChI is InChI=1S/C24H33FO/c1-2-3-4-5-18-26-24-16-12-22(13-17-24)20-8-6-19(7-9-20)21-10-14-23(25)15-11-21/h2-5,10-11,14-15,19-20,22,24H,6-9,12-13,16-18H2,1H3/t19-,20-,22-,24-. The molecule has 142 valence electrons. The summed E-state index contributed by atoms with van der Waals surface area (Å²) in [5.74, 6) is 2.29. The van der Waals surface area contributed by atoms with Gasteiger partial charge in [-0.2, -0.15) is 0 Å². The zero-order chi connectivity index (χ0) is 18.2. The molecule has 0 unspecified atom stereocenters. The van der Waals surface area contributed by atoms with E-state index in [0.717, 1.165) is 18.4 Å². The Morgan fingerprint density at radius 2 is 1.50 bits per heavy atom. The smallest absolute Gasteiger partial charge is 0.123 e. The van der Waals surface area contributed by atoms with E-state index >= 15 is 0 Å². The summed E-state index contributed by atoms with van der Waals surface area (Å²) in [5, 5.41) is 0. The summed E-state index contributed by atoms with van der Waals surface area (Å²) in [7, 11) is 0. The minimum Gasteiger partial charge on any atom is -0.374 e. The Kier molecular flexibility index (Phi) is 7.49. The van der Waals surface area contributed by atoms with Crippen molar-refractivity contribution in [3.63, 3.8) is 0 Å². The third kappa shape index (κ3) is 5.54. The highest BCUT2D eigenvalue weighted by Gasteiger charge is 2.31. The van der Waals surface area contributed by atoms with Crippen LogP contribution < -0.4 is 0 Å². The first-order valence-electron chi connectivity index (χ1n) is 10.4. The predicted octanol–water partition coefficient (Wildman–Crippen LogP) is 6.81. The molecule has 1 aromatic rings. The predicted molar refractivity (Wildman–Crippen MR) is 107 cm³/mol. The van der Waals surface area contributed by atoms with Gasteiger partial charge in [0.1, 0.15) is 5.82 Å². The van der Waals surface area contributed by atoms with E-state index in [0.29, 0.717) is 12.0 Å². The van der Waals surface area contributed by atoms with Gasteiger partial charge in [-0.1, -0.05) is 36.4 Å². The van der Waals surface area contributed by atoms with Crippen molar-refractivity contribution in [2.45, 2.75) is 70.3 Å². The molecule has 3 rings (SSSR count). The van der Waals surface area contributed by atoms with Crippen LogP contribution in [-0.2, 0) is 4.74 Å². The molecular weight excluding hydrogens is 323 g/mol. The first-order valence-corrected chi connectivity index (χ1v) is 10.4. The third-order valence-electron chi connectivity index (χ3n) is 6.37. The van der Waals surface area contributed by atoms with Crippen molar-refractivity contribution in [1.82, 2.24) is 0 Å². The van der Waals surface area contributed by atoms with Crippen LogP contribution >= 0.6 is 0 Å². The van der Waals surface area contributed by atoms with Gasteiger partial charge in [0, 0.05) is 0 Å². The lowest BCUT2D eigenvalue weighted by atomic mass is 9.69. The average molecular weight is 357 g/mol. The van der Waals surface area contributed by atoms with Gasteiger partial charge in [0.2, 0.25) is 0 Å². The Balaban J connectivity index is 1.37. The maximum absolute atomic E-state index is 13.1. The molecule has 0 aromatic heterocycles. The molecule has 26 heavy (non-hydrogen) atoms. The highest BCUT2D eigenvalue weighted by molar-refractivity contribution is 5.21. The maximum atomic E-state index is 13.1. The molecule has 2 aliphatic carbocycles. The van der Waals surface area contributed by atoms with E-state index in [1.54, 1.807) is 12.1 Å². The molecule has 1 nitrogen and oxygen atoms in total. The fourth-order valence-electron chi connectivity index (χ4n) is 4.82. The molecule has 2 fully saturated rings. The van der Waals surface area contributed by atoms with Crippen molar-refractivity contribution >= 4 is 0 Å². The minimum atomic E-state index is -0.126. The topological polar surface area (TPSA) is 9.23 Å². The summed E-state index contributed by atoms with van der Waals surface area (Å²) in [6.07, 6.45) is 19.0. The molecule has 0 radical (unpaired) electrons. The van der Waals surface area contributed by atoms with Crippen molar-refractivity contribution < 1.29 is 9.13 Å². The average Bonchev–Trinajstić information content (AvgIpc) is 2.69. The largest absolute Gasteiger partial charge is 0.374 e. The first-order chi connectivity index (χ1) is 12.8. The second-order valence-electron chi connectivity index (χ2n) is 7.99. The van der Waals surface area contributed by atoms with Crippen LogP contribution in [0, 0.1) is 17.7 Å². The normalized spacial score (nSPS) is 30.2. The van der Waals surface area contributed by atoms with E-state index < -0.39 is 0 Å². The molecule has 2 aliphatic rings. The van der Waals surface area contributed by atoms with Gasteiger partial charge in [-0.15, -0.1) is 0 Å². The van der Waals surface area contributed by atoms with Crippen molar-refractivity contribution in [1.29, 1.82) is 0 Å². The summed E-state index contributed by atoms with van der Waals surface area (Å²) in [4.78, 5) is 0. The summed E-state index contributed by atoms with van der Waals surface area (Å²) in [5.41, 5.74) is 1.33. The Bertz CT molecular complexity index is 573. The van der Waals surface area contributed by atoms with Crippen LogP contribution in [0.4, 0.5) is 4.39 Å². The van der Waals surface area contributed by atoms with E-state index in [4.69, 9.17) is 4.74 Å². The molecule has 0 aliphatic heterocycles. The molecule has 0 saturated heterocycles. The molecule has 2 saturated carbocycles. The summed E-state index contributed by atoms with van der Waals surface area (Å²) in [6, 6.07) is 7.17. The molecule has 0 heterocycles. The van der Waals surface area contributed by atoms with Gasteiger partial charge in [-0.3, -0.25) is 0 Å². The van der Waals surface area contributed by atoms with Crippen molar-refractivity contribution in [3.05, 3.63) is 60.0 Å². The highest BCUT2D eigenvalue weighted by Crippen LogP contribution is 2.43. The van der Waals surface area contributed by atoms with Gasteiger partial charge in [-0.05, 0) is 93.7 Å². The van der Waals surface area contributed by atoms with Crippen molar-refractivity contribution in [2.75, 3.05) is 6.61 Å². The molecule has 0 bridgehead atoms. The van der Waals surface area contributed by atoms with Gasteiger partial charge in [0.05, 0.1) is 12.7 Å². The molecule has 0 N–H and O–H groups in total. The SMILES string of the molecule is CC=CC=CCO[C@H]1CC[C@H]([C@H]2CC[C@H](c3ccc(F)cc3)CC2)CC1. The van der Waals surface area contributed by atoms with E-state index in [-0.39, 0.29) is 5.82 Å². The Labute approximate surface area is 158 Å². The van der Waals surface area contributed by atoms with Crippen molar-refractivity contribution in [2.24, 2.45) is 11.8 Å². The van der Waals surface area contributed by atoms with Gasteiger partial charge in [-0.25, -0.2) is 4.39 Å². The zero-order valence-corrected chi connectivity index (χ0v) is 16.1. The third-order valence-corrected chi connectivity index (χ3v) is 6.37. The van der Waals surface area contributed by atoms with Crippen LogP contribution in [0.5, 0.6) is 0 Å². The van der Waals surface area contributed by atoms with Crippen LogP contribution in [0.15, 0.2) is 48.6 Å². The second kappa shape index (κ2) is 10.1. The van der Waals surface area contributed by atoms with Crippen LogP contribution in [0.2, 0.25) is 0 Å². The van der Waals surface area contributed by atoms with E-state index in [2.05, 4.69) is 12.2 Å². The lowest BCUT2D eigenvalue weighted by Crippen LogP contribution is -2.28. The lowest BCUT2D eigenvalue weighted by molar-refractivity contribution is 0.0223. The van der Waals surface area contributed by atoms with E-state index in [1.165, 1.54) is 56.9 Å². The fourth-order valence-corrected chi connectivity index (χ4v) is 4.82. The summed E-state index contributed by atoms with van der Waals surface area (Å²) >= 11 is 0. The summed E-state index contributed by atoms with van der Waals surface area (Å²) in [6.45, 7) is 2.77. The van der Waals surface area contributed by atoms with Crippen LogP contribution in [0.3, 0.4) is 0 Å². The Morgan fingerprint density at radius 1 is 0.885 bits per heavy atom. The number of allylic oxidation sites excluding steroid dienone is 3. The van der Waals surface area contributed by atoms with Gasteiger partial charge in [0.25, 0.3) is 0 Å². The Morgan fingerprint density at radius 3 is 2.12 bits per heavy atom. The zero-order valence-electron chi connectivity index (χ0n) is 16.1. The molecule has 0 spiro atoms. The first kappa shape index (κ1) is 19.4. The quantitative estimate of drug-likeness (QED) is 0.509. The highest BCUT2D eigenvalue weighted by atomic mass is 19.1.